The third-order valence-corrected chi connectivity index (χ3v) is 4.32. The minimum absolute atomic E-state index is 0.916. The molecule has 0 atom stereocenters. The lowest BCUT2D eigenvalue weighted by Gasteiger charge is -2.27. The van der Waals surface area contributed by atoms with Crippen LogP contribution < -0.4 is 10.2 Å². The number of hydrogen-bond donors (Lipinski definition) is 1. The SMILES string of the molecule is Cc1cccc(N(C)CCC2CCNCC2)c1C. The Morgan fingerprint density at radius 2 is 1.94 bits per heavy atom. The molecule has 0 aromatic heterocycles. The van der Waals surface area contributed by atoms with E-state index in [-0.39, 0.29) is 0 Å². The number of piperidine rings is 1. The zero-order valence-corrected chi connectivity index (χ0v) is 12.0. The molecular weight excluding hydrogens is 220 g/mol. The van der Waals surface area contributed by atoms with Crippen LogP contribution in [0.4, 0.5) is 5.69 Å². The second-order valence-corrected chi connectivity index (χ2v) is 5.62. The van der Waals surface area contributed by atoms with E-state index in [4.69, 9.17) is 0 Å². The van der Waals surface area contributed by atoms with Gasteiger partial charge in [-0.15, -0.1) is 0 Å². The molecule has 2 rings (SSSR count). The Labute approximate surface area is 111 Å². The van der Waals surface area contributed by atoms with E-state index in [0.29, 0.717) is 0 Å². The van der Waals surface area contributed by atoms with Gasteiger partial charge in [0.05, 0.1) is 0 Å². The number of anilines is 1. The zero-order chi connectivity index (χ0) is 13.0. The van der Waals surface area contributed by atoms with Gasteiger partial charge in [-0.05, 0) is 69.3 Å². The van der Waals surface area contributed by atoms with Crippen LogP contribution in [0.1, 0.15) is 30.4 Å². The van der Waals surface area contributed by atoms with Crippen LogP contribution in [0.5, 0.6) is 0 Å². The highest BCUT2D eigenvalue weighted by molar-refractivity contribution is 5.55. The molecule has 0 radical (unpaired) electrons. The van der Waals surface area contributed by atoms with Crippen molar-refractivity contribution in [2.45, 2.75) is 33.1 Å². The number of aryl methyl sites for hydroxylation is 1. The Kier molecular flexibility index (Phi) is 4.65. The van der Waals surface area contributed by atoms with Gasteiger partial charge in [0.2, 0.25) is 0 Å². The van der Waals surface area contributed by atoms with Gasteiger partial charge in [-0.25, -0.2) is 0 Å². The minimum Gasteiger partial charge on any atom is -0.374 e. The third kappa shape index (κ3) is 3.26. The molecule has 100 valence electrons. The molecule has 0 spiro atoms. The second-order valence-electron chi connectivity index (χ2n) is 5.62. The normalized spacial score (nSPS) is 16.8. The van der Waals surface area contributed by atoms with Crippen molar-refractivity contribution in [1.82, 2.24) is 5.32 Å². The van der Waals surface area contributed by atoms with Crippen LogP contribution in [0, 0.1) is 19.8 Å². The summed E-state index contributed by atoms with van der Waals surface area (Å²) < 4.78 is 0. The van der Waals surface area contributed by atoms with E-state index in [2.05, 4.69) is 49.3 Å². The highest BCUT2D eigenvalue weighted by atomic mass is 15.1. The molecule has 0 unspecified atom stereocenters. The predicted octanol–water partition coefficient (Wildman–Crippen LogP) is 3.13. The fraction of sp³-hybridized carbons (Fsp3) is 0.625. The lowest BCUT2D eigenvalue weighted by Crippen LogP contribution is -2.30. The van der Waals surface area contributed by atoms with E-state index in [1.54, 1.807) is 0 Å². The maximum Gasteiger partial charge on any atom is 0.0395 e. The molecule has 1 N–H and O–H groups in total. The molecule has 1 aromatic rings. The molecule has 1 aliphatic rings. The number of hydrogen-bond acceptors (Lipinski definition) is 2. The molecule has 0 aliphatic carbocycles. The Balaban J connectivity index is 1.90. The molecule has 18 heavy (non-hydrogen) atoms. The van der Waals surface area contributed by atoms with Crippen LogP contribution in [-0.2, 0) is 0 Å². The fourth-order valence-electron chi connectivity index (χ4n) is 2.82. The second kappa shape index (κ2) is 6.24. The van der Waals surface area contributed by atoms with Crippen LogP contribution in [-0.4, -0.2) is 26.7 Å². The van der Waals surface area contributed by atoms with Gasteiger partial charge in [-0.1, -0.05) is 12.1 Å². The van der Waals surface area contributed by atoms with E-state index in [1.165, 1.54) is 55.7 Å². The van der Waals surface area contributed by atoms with Crippen LogP contribution >= 0.6 is 0 Å². The number of rotatable bonds is 4. The van der Waals surface area contributed by atoms with Crippen molar-refractivity contribution in [2.75, 3.05) is 31.6 Å². The van der Waals surface area contributed by atoms with Crippen molar-refractivity contribution in [2.24, 2.45) is 5.92 Å². The Bertz CT molecular complexity index is 381. The quantitative estimate of drug-likeness (QED) is 0.878. The zero-order valence-electron chi connectivity index (χ0n) is 12.0. The van der Waals surface area contributed by atoms with Gasteiger partial charge in [-0.3, -0.25) is 0 Å². The first kappa shape index (κ1) is 13.4. The van der Waals surface area contributed by atoms with Gasteiger partial charge in [0.25, 0.3) is 0 Å². The van der Waals surface area contributed by atoms with Crippen molar-refractivity contribution in [3.63, 3.8) is 0 Å². The summed E-state index contributed by atoms with van der Waals surface area (Å²) in [6.07, 6.45) is 4.02. The van der Waals surface area contributed by atoms with E-state index in [0.717, 1.165) is 5.92 Å². The summed E-state index contributed by atoms with van der Waals surface area (Å²) in [7, 11) is 2.23. The van der Waals surface area contributed by atoms with Gasteiger partial charge in [-0.2, -0.15) is 0 Å². The van der Waals surface area contributed by atoms with E-state index >= 15 is 0 Å². The maximum absolute atomic E-state index is 3.44. The molecule has 1 saturated heterocycles. The highest BCUT2D eigenvalue weighted by Gasteiger charge is 2.14. The molecule has 1 aliphatic heterocycles. The van der Waals surface area contributed by atoms with Gasteiger partial charge in [0.15, 0.2) is 0 Å². The Hall–Kier alpha value is -1.02. The first-order chi connectivity index (χ1) is 8.68. The Morgan fingerprint density at radius 1 is 1.22 bits per heavy atom. The van der Waals surface area contributed by atoms with Crippen LogP contribution in [0.15, 0.2) is 18.2 Å². The van der Waals surface area contributed by atoms with E-state index < -0.39 is 0 Å². The maximum atomic E-state index is 3.44. The van der Waals surface area contributed by atoms with Crippen molar-refractivity contribution in [1.29, 1.82) is 0 Å². The molecule has 2 heteroatoms. The molecule has 2 nitrogen and oxygen atoms in total. The van der Waals surface area contributed by atoms with E-state index in [9.17, 15) is 0 Å². The molecular formula is C16H26N2. The van der Waals surface area contributed by atoms with Crippen LogP contribution in [0.2, 0.25) is 0 Å². The average molecular weight is 246 g/mol. The van der Waals surface area contributed by atoms with E-state index in [1.807, 2.05) is 0 Å². The van der Waals surface area contributed by atoms with Gasteiger partial charge >= 0.3 is 0 Å². The lowest BCUT2D eigenvalue weighted by molar-refractivity contribution is 0.356. The van der Waals surface area contributed by atoms with Gasteiger partial charge in [0, 0.05) is 19.3 Å². The smallest absolute Gasteiger partial charge is 0.0395 e. The summed E-state index contributed by atoms with van der Waals surface area (Å²) in [4.78, 5) is 2.42. The third-order valence-electron chi connectivity index (χ3n) is 4.32. The molecule has 0 bridgehead atoms. The van der Waals surface area contributed by atoms with Gasteiger partial charge < -0.3 is 10.2 Å². The van der Waals surface area contributed by atoms with Crippen molar-refractivity contribution >= 4 is 5.69 Å². The molecule has 1 heterocycles. The topological polar surface area (TPSA) is 15.3 Å². The standard InChI is InChI=1S/C16H26N2/c1-13-5-4-6-16(14(13)2)18(3)12-9-15-7-10-17-11-8-15/h4-6,15,17H,7-12H2,1-3H3. The first-order valence-corrected chi connectivity index (χ1v) is 7.16. The summed E-state index contributed by atoms with van der Waals surface area (Å²) in [6, 6.07) is 6.60. The van der Waals surface area contributed by atoms with Crippen LogP contribution in [0.3, 0.4) is 0 Å². The van der Waals surface area contributed by atoms with Crippen LogP contribution in [0.25, 0.3) is 0 Å². The average Bonchev–Trinajstić information content (AvgIpc) is 2.40. The summed E-state index contributed by atoms with van der Waals surface area (Å²) in [5.41, 5.74) is 4.20. The summed E-state index contributed by atoms with van der Waals surface area (Å²) in [5, 5.41) is 3.44. The lowest BCUT2D eigenvalue weighted by atomic mass is 9.94. The fourth-order valence-corrected chi connectivity index (χ4v) is 2.82. The summed E-state index contributed by atoms with van der Waals surface area (Å²) in [5.74, 6) is 0.916. The Morgan fingerprint density at radius 3 is 2.67 bits per heavy atom. The number of nitrogens with zero attached hydrogens (tertiary/aromatic N) is 1. The monoisotopic (exact) mass is 246 g/mol. The molecule has 1 fully saturated rings. The first-order valence-electron chi connectivity index (χ1n) is 7.16. The number of nitrogens with one attached hydrogen (secondary N) is 1. The highest BCUT2D eigenvalue weighted by Crippen LogP contribution is 2.23. The van der Waals surface area contributed by atoms with Crippen molar-refractivity contribution in [3.8, 4) is 0 Å². The molecule has 0 amide bonds. The largest absolute Gasteiger partial charge is 0.374 e. The number of benzene rings is 1. The molecule has 0 saturated carbocycles. The summed E-state index contributed by atoms with van der Waals surface area (Å²) in [6.45, 7) is 8.01. The summed E-state index contributed by atoms with van der Waals surface area (Å²) >= 11 is 0. The van der Waals surface area contributed by atoms with Crippen molar-refractivity contribution < 1.29 is 0 Å². The van der Waals surface area contributed by atoms with Gasteiger partial charge in [0.1, 0.15) is 0 Å². The van der Waals surface area contributed by atoms with Crippen molar-refractivity contribution in [3.05, 3.63) is 29.3 Å². The minimum atomic E-state index is 0.916. The predicted molar refractivity (Wildman–Crippen MR) is 79.4 cm³/mol. The molecule has 1 aromatic carbocycles.